The van der Waals surface area contributed by atoms with Crippen molar-refractivity contribution in [2.24, 2.45) is 0 Å². The number of hydrogen-bond donors (Lipinski definition) is 4. The minimum atomic E-state index is -2.03. The number of hydrogen-bond acceptors (Lipinski definition) is 6. The summed E-state index contributed by atoms with van der Waals surface area (Å²) in [4.78, 5) is 9.28. The zero-order valence-corrected chi connectivity index (χ0v) is 17.6. The molecule has 2 heterocycles. The first kappa shape index (κ1) is 20.5. The second kappa shape index (κ2) is 9.34. The van der Waals surface area contributed by atoms with E-state index in [1.807, 2.05) is 13.0 Å². The molecule has 1 saturated heterocycles. The van der Waals surface area contributed by atoms with E-state index in [4.69, 9.17) is 0 Å². The summed E-state index contributed by atoms with van der Waals surface area (Å²) in [6, 6.07) is 15.3. The molecule has 0 radical (unpaired) electrons. The summed E-state index contributed by atoms with van der Waals surface area (Å²) in [5.74, 6) is 1.75. The van der Waals surface area contributed by atoms with Gasteiger partial charge in [-0.3, -0.25) is 0 Å². The lowest BCUT2D eigenvalue weighted by molar-refractivity contribution is 0.460. The van der Waals surface area contributed by atoms with E-state index in [1.54, 1.807) is 24.4 Å². The molecule has 0 aliphatic carbocycles. The van der Waals surface area contributed by atoms with Crippen LogP contribution >= 0.6 is 0 Å². The van der Waals surface area contributed by atoms with E-state index in [1.165, 1.54) is 18.4 Å². The Morgan fingerprint density at radius 1 is 1.07 bits per heavy atom. The van der Waals surface area contributed by atoms with Crippen molar-refractivity contribution >= 4 is 34.2 Å². The number of piperidine rings is 1. The van der Waals surface area contributed by atoms with E-state index in [0.717, 1.165) is 24.3 Å². The van der Waals surface area contributed by atoms with Gasteiger partial charge in [0, 0.05) is 23.1 Å². The molecule has 1 aliphatic rings. The van der Waals surface area contributed by atoms with Gasteiger partial charge in [-0.05, 0) is 74.7 Å². The molecule has 0 spiro atoms. The molecule has 30 heavy (non-hydrogen) atoms. The van der Waals surface area contributed by atoms with Crippen LogP contribution in [0.15, 0.2) is 59.6 Å². The molecule has 156 valence electrons. The van der Waals surface area contributed by atoms with E-state index in [0.29, 0.717) is 28.3 Å². The smallest absolute Gasteiger partial charge is 0.229 e. The Morgan fingerprint density at radius 3 is 2.57 bits per heavy atom. The van der Waals surface area contributed by atoms with Crippen molar-refractivity contribution in [2.75, 3.05) is 23.7 Å². The van der Waals surface area contributed by atoms with E-state index in [2.05, 4.69) is 50.2 Å². The molecule has 2 aromatic carbocycles. The number of anilines is 4. The Kier molecular flexibility index (Phi) is 6.37. The summed E-state index contributed by atoms with van der Waals surface area (Å²) in [6.45, 7) is 4.07. The van der Waals surface area contributed by atoms with Gasteiger partial charge < -0.3 is 20.5 Å². The summed E-state index contributed by atoms with van der Waals surface area (Å²) in [5, 5.41) is 9.86. The number of aromatic nitrogens is 2. The van der Waals surface area contributed by atoms with E-state index in [9.17, 15) is 8.76 Å². The fraction of sp³-hybridized carbons (Fsp3) is 0.273. The highest BCUT2D eigenvalue weighted by Gasteiger charge is 2.15. The lowest BCUT2D eigenvalue weighted by Gasteiger charge is -2.23. The van der Waals surface area contributed by atoms with Crippen LogP contribution in [-0.2, 0) is 11.1 Å². The van der Waals surface area contributed by atoms with E-state index < -0.39 is 11.1 Å². The lowest BCUT2D eigenvalue weighted by atomic mass is 9.90. The SMILES string of the molecule is Cc1cnc(Nc2ccc(C3CCNCC3)cc2)nc1Nc1cccc(S(=O)O)c1. The highest BCUT2D eigenvalue weighted by Crippen LogP contribution is 2.27. The number of nitrogens with zero attached hydrogens (tertiary/aromatic N) is 2. The summed E-state index contributed by atoms with van der Waals surface area (Å²) in [5.41, 5.74) is 3.86. The number of benzene rings is 2. The van der Waals surface area contributed by atoms with Crippen molar-refractivity contribution in [1.82, 2.24) is 15.3 Å². The Hall–Kier alpha value is -2.81. The summed E-state index contributed by atoms with van der Waals surface area (Å²) >= 11 is -2.03. The monoisotopic (exact) mass is 423 g/mol. The molecule has 1 aliphatic heterocycles. The zero-order chi connectivity index (χ0) is 20.9. The van der Waals surface area contributed by atoms with Crippen LogP contribution in [0, 0.1) is 6.92 Å². The van der Waals surface area contributed by atoms with Gasteiger partial charge in [0.2, 0.25) is 5.95 Å². The molecule has 8 heteroatoms. The molecule has 4 N–H and O–H groups in total. The first-order valence-corrected chi connectivity index (χ1v) is 11.1. The summed E-state index contributed by atoms with van der Waals surface area (Å²) in [7, 11) is 0. The van der Waals surface area contributed by atoms with Gasteiger partial charge in [0.25, 0.3) is 0 Å². The van der Waals surface area contributed by atoms with Gasteiger partial charge in [-0.15, -0.1) is 0 Å². The van der Waals surface area contributed by atoms with Crippen molar-refractivity contribution in [2.45, 2.75) is 30.6 Å². The molecule has 1 aromatic heterocycles. The number of nitrogens with one attached hydrogen (secondary N) is 3. The number of aryl methyl sites for hydroxylation is 1. The molecule has 0 amide bonds. The molecule has 4 rings (SSSR count). The maximum atomic E-state index is 11.3. The van der Waals surface area contributed by atoms with E-state index >= 15 is 0 Å². The molecule has 7 nitrogen and oxygen atoms in total. The third-order valence-electron chi connectivity index (χ3n) is 5.25. The average molecular weight is 424 g/mol. The molecule has 1 atom stereocenters. The maximum Gasteiger partial charge on any atom is 0.229 e. The van der Waals surface area contributed by atoms with Crippen LogP contribution in [0.5, 0.6) is 0 Å². The van der Waals surface area contributed by atoms with Crippen LogP contribution in [0.2, 0.25) is 0 Å². The van der Waals surface area contributed by atoms with Gasteiger partial charge in [-0.25, -0.2) is 9.19 Å². The van der Waals surface area contributed by atoms with Gasteiger partial charge in [0.05, 0.1) is 4.90 Å². The molecule has 1 fully saturated rings. The normalized spacial score (nSPS) is 15.5. The third kappa shape index (κ3) is 5.02. The Bertz CT molecular complexity index is 1040. The van der Waals surface area contributed by atoms with E-state index in [-0.39, 0.29) is 0 Å². The summed E-state index contributed by atoms with van der Waals surface area (Å²) < 4.78 is 20.6. The largest absolute Gasteiger partial charge is 0.340 e. The fourth-order valence-electron chi connectivity index (χ4n) is 3.57. The van der Waals surface area contributed by atoms with Crippen LogP contribution in [-0.4, -0.2) is 31.8 Å². The van der Waals surface area contributed by atoms with Gasteiger partial charge in [-0.1, -0.05) is 18.2 Å². The highest BCUT2D eigenvalue weighted by atomic mass is 32.2. The first-order valence-electron chi connectivity index (χ1n) is 9.98. The Labute approximate surface area is 178 Å². The second-order valence-corrected chi connectivity index (χ2v) is 8.37. The standard InChI is InChI=1S/C22H25N5O2S/c1-15-14-24-22(27-21(15)25-19-3-2-4-20(13-19)30(28)29)26-18-7-5-16(6-8-18)17-9-11-23-12-10-17/h2-8,13-14,17,23H,9-12H2,1H3,(H,28,29)(H2,24,25,26,27). The van der Waals surface area contributed by atoms with Gasteiger partial charge in [0.1, 0.15) is 5.82 Å². The van der Waals surface area contributed by atoms with Crippen LogP contribution in [0.4, 0.5) is 23.1 Å². The topological polar surface area (TPSA) is 99.2 Å². The van der Waals surface area contributed by atoms with Crippen LogP contribution in [0.1, 0.15) is 29.9 Å². The van der Waals surface area contributed by atoms with Crippen molar-refractivity contribution in [1.29, 1.82) is 0 Å². The molecule has 0 bridgehead atoms. The minimum Gasteiger partial charge on any atom is -0.340 e. The molecule has 1 unspecified atom stereocenters. The molecular formula is C22H25N5O2S. The van der Waals surface area contributed by atoms with Crippen LogP contribution in [0.3, 0.4) is 0 Å². The van der Waals surface area contributed by atoms with Crippen molar-refractivity contribution < 1.29 is 8.76 Å². The first-order chi connectivity index (χ1) is 14.6. The third-order valence-corrected chi connectivity index (χ3v) is 5.90. The van der Waals surface area contributed by atoms with Crippen molar-refractivity contribution in [3.05, 3.63) is 65.9 Å². The van der Waals surface area contributed by atoms with Gasteiger partial charge >= 0.3 is 0 Å². The second-order valence-electron chi connectivity index (χ2n) is 7.40. The fourth-order valence-corrected chi connectivity index (χ4v) is 3.99. The highest BCUT2D eigenvalue weighted by molar-refractivity contribution is 7.79. The quantitative estimate of drug-likeness (QED) is 0.438. The molecule has 3 aromatic rings. The molecule has 0 saturated carbocycles. The van der Waals surface area contributed by atoms with Gasteiger partial charge in [-0.2, -0.15) is 4.98 Å². The Morgan fingerprint density at radius 2 is 1.83 bits per heavy atom. The average Bonchev–Trinajstić information content (AvgIpc) is 2.77. The van der Waals surface area contributed by atoms with Crippen molar-refractivity contribution in [3.63, 3.8) is 0 Å². The zero-order valence-electron chi connectivity index (χ0n) is 16.8. The van der Waals surface area contributed by atoms with Crippen LogP contribution < -0.4 is 16.0 Å². The maximum absolute atomic E-state index is 11.3. The minimum absolute atomic E-state index is 0.332. The van der Waals surface area contributed by atoms with Crippen molar-refractivity contribution in [3.8, 4) is 0 Å². The lowest BCUT2D eigenvalue weighted by Crippen LogP contribution is -2.26. The van der Waals surface area contributed by atoms with Gasteiger partial charge in [0.15, 0.2) is 11.1 Å². The number of rotatable bonds is 6. The predicted molar refractivity (Wildman–Crippen MR) is 120 cm³/mol. The summed E-state index contributed by atoms with van der Waals surface area (Å²) in [6.07, 6.45) is 4.09. The van der Waals surface area contributed by atoms with Crippen LogP contribution in [0.25, 0.3) is 0 Å². The Balaban J connectivity index is 1.47. The predicted octanol–water partition coefficient (Wildman–Crippen LogP) is 4.32. The molecular weight excluding hydrogens is 398 g/mol.